The Morgan fingerprint density at radius 3 is 2.45 bits per heavy atom. The van der Waals surface area contributed by atoms with Crippen LogP contribution in [0.5, 0.6) is 0 Å². The van der Waals surface area contributed by atoms with Crippen LogP contribution in [-0.4, -0.2) is 23.9 Å². The molecule has 22 heavy (non-hydrogen) atoms. The van der Waals surface area contributed by atoms with Gasteiger partial charge in [0, 0.05) is 17.3 Å². The Kier molecular flexibility index (Phi) is 4.56. The number of amides is 2. The van der Waals surface area contributed by atoms with E-state index in [0.717, 1.165) is 18.4 Å². The maximum atomic E-state index is 12.2. The number of anilines is 1. The van der Waals surface area contributed by atoms with Crippen molar-refractivity contribution in [2.45, 2.75) is 52.6 Å². The molecule has 0 unspecified atom stereocenters. The number of aryl methyl sites for hydroxylation is 1. The molecule has 4 N–H and O–H groups in total. The summed E-state index contributed by atoms with van der Waals surface area (Å²) in [5.74, 6) is -0.339. The van der Waals surface area contributed by atoms with E-state index in [1.807, 2.05) is 33.8 Å². The van der Waals surface area contributed by atoms with Crippen molar-refractivity contribution in [3.63, 3.8) is 0 Å². The minimum atomic E-state index is -0.615. The number of nitrogens with two attached hydrogens (primary N) is 1. The molecule has 0 aliphatic heterocycles. The van der Waals surface area contributed by atoms with Crippen LogP contribution in [0, 0.1) is 12.3 Å². The minimum absolute atomic E-state index is 0.0990. The molecule has 1 aliphatic rings. The molecule has 1 fully saturated rings. The number of nitrogens with one attached hydrogen (secondary N) is 2. The Hall–Kier alpha value is -1.88. The van der Waals surface area contributed by atoms with Gasteiger partial charge in [0.2, 0.25) is 5.91 Å². The summed E-state index contributed by atoms with van der Waals surface area (Å²) in [6.45, 7) is 7.65. The molecule has 0 radical (unpaired) electrons. The first-order chi connectivity index (χ1) is 10.2. The summed E-state index contributed by atoms with van der Waals surface area (Å²) in [6.07, 6.45) is 2.09. The van der Waals surface area contributed by atoms with Gasteiger partial charge in [-0.15, -0.1) is 0 Å². The first-order valence-electron chi connectivity index (χ1n) is 7.66. The van der Waals surface area contributed by atoms with Crippen molar-refractivity contribution in [3.8, 4) is 0 Å². The monoisotopic (exact) mass is 303 g/mol. The summed E-state index contributed by atoms with van der Waals surface area (Å²) in [7, 11) is 0. The molecule has 5 nitrogen and oxygen atoms in total. The number of benzene rings is 1. The fourth-order valence-electron chi connectivity index (χ4n) is 2.00. The minimum Gasteiger partial charge on any atom is -0.349 e. The lowest BCUT2D eigenvalue weighted by molar-refractivity contribution is -0.119. The third-order valence-electron chi connectivity index (χ3n) is 3.89. The topological polar surface area (TPSA) is 84.2 Å². The van der Waals surface area contributed by atoms with E-state index in [4.69, 9.17) is 5.73 Å². The molecule has 120 valence electrons. The highest BCUT2D eigenvalue weighted by Gasteiger charge is 2.28. The zero-order valence-corrected chi connectivity index (χ0v) is 13.7. The van der Waals surface area contributed by atoms with Gasteiger partial charge in [-0.25, -0.2) is 0 Å². The molecule has 5 heteroatoms. The predicted octanol–water partition coefficient (Wildman–Crippen LogP) is 2.20. The average molecular weight is 303 g/mol. The first kappa shape index (κ1) is 16.5. The van der Waals surface area contributed by atoms with Crippen molar-refractivity contribution in [1.82, 2.24) is 5.32 Å². The van der Waals surface area contributed by atoms with E-state index in [1.54, 1.807) is 12.1 Å². The van der Waals surface area contributed by atoms with Crippen molar-refractivity contribution in [2.75, 3.05) is 5.32 Å². The van der Waals surface area contributed by atoms with Gasteiger partial charge in [-0.2, -0.15) is 0 Å². The third-order valence-corrected chi connectivity index (χ3v) is 3.89. The number of hydrogen-bond donors (Lipinski definition) is 3. The summed E-state index contributed by atoms with van der Waals surface area (Å²) in [5.41, 5.74) is 7.74. The van der Waals surface area contributed by atoms with E-state index in [0.29, 0.717) is 17.3 Å². The molecule has 0 saturated heterocycles. The molecule has 1 saturated carbocycles. The van der Waals surface area contributed by atoms with E-state index in [-0.39, 0.29) is 17.2 Å². The van der Waals surface area contributed by atoms with Gasteiger partial charge in [0.05, 0.1) is 6.04 Å². The molecule has 2 amide bonds. The van der Waals surface area contributed by atoms with Crippen LogP contribution in [0.15, 0.2) is 18.2 Å². The Morgan fingerprint density at radius 2 is 1.91 bits per heavy atom. The maximum absolute atomic E-state index is 12.2. The van der Waals surface area contributed by atoms with Crippen LogP contribution < -0.4 is 16.4 Å². The molecule has 0 spiro atoms. The SMILES string of the molecule is Cc1ccc(C(=O)NC2CC2)cc1NC(=O)[C@@H](N)C(C)(C)C. The van der Waals surface area contributed by atoms with Crippen LogP contribution in [0.2, 0.25) is 0 Å². The van der Waals surface area contributed by atoms with Crippen LogP contribution >= 0.6 is 0 Å². The second-order valence-electron chi connectivity index (χ2n) is 7.11. The Balaban J connectivity index is 2.12. The summed E-state index contributed by atoms with van der Waals surface area (Å²) < 4.78 is 0. The van der Waals surface area contributed by atoms with Crippen LogP contribution in [0.1, 0.15) is 49.5 Å². The molecule has 0 bridgehead atoms. The van der Waals surface area contributed by atoms with Crippen LogP contribution in [0.4, 0.5) is 5.69 Å². The summed E-state index contributed by atoms with van der Waals surface area (Å²) >= 11 is 0. The lowest BCUT2D eigenvalue weighted by Gasteiger charge is -2.26. The van der Waals surface area contributed by atoms with E-state index >= 15 is 0 Å². The van der Waals surface area contributed by atoms with Crippen molar-refractivity contribution in [2.24, 2.45) is 11.1 Å². The highest BCUT2D eigenvalue weighted by Crippen LogP contribution is 2.23. The Labute approximate surface area is 131 Å². The van der Waals surface area contributed by atoms with E-state index in [2.05, 4.69) is 10.6 Å². The average Bonchev–Trinajstić information content (AvgIpc) is 3.23. The van der Waals surface area contributed by atoms with Crippen LogP contribution in [-0.2, 0) is 4.79 Å². The fourth-order valence-corrected chi connectivity index (χ4v) is 2.00. The number of carbonyl (C=O) groups excluding carboxylic acids is 2. The predicted molar refractivity (Wildman–Crippen MR) is 87.7 cm³/mol. The molecular formula is C17H25N3O2. The van der Waals surface area contributed by atoms with Crippen LogP contribution in [0.3, 0.4) is 0 Å². The van der Waals surface area contributed by atoms with E-state index in [1.165, 1.54) is 0 Å². The molecule has 1 aliphatic carbocycles. The molecular weight excluding hydrogens is 278 g/mol. The first-order valence-corrected chi connectivity index (χ1v) is 7.66. The van der Waals surface area contributed by atoms with Gasteiger partial charge < -0.3 is 16.4 Å². The lowest BCUT2D eigenvalue weighted by Crippen LogP contribution is -2.45. The largest absolute Gasteiger partial charge is 0.349 e. The normalized spacial score (nSPS) is 16.0. The highest BCUT2D eigenvalue weighted by atomic mass is 16.2. The van der Waals surface area contributed by atoms with Gasteiger partial charge in [0.25, 0.3) is 5.91 Å². The fraction of sp³-hybridized carbons (Fsp3) is 0.529. The molecule has 0 heterocycles. The smallest absolute Gasteiger partial charge is 0.251 e. The molecule has 1 aromatic rings. The van der Waals surface area contributed by atoms with Gasteiger partial charge >= 0.3 is 0 Å². The van der Waals surface area contributed by atoms with Gasteiger partial charge in [0.1, 0.15) is 0 Å². The lowest BCUT2D eigenvalue weighted by atomic mass is 9.87. The van der Waals surface area contributed by atoms with E-state index < -0.39 is 6.04 Å². The number of carbonyl (C=O) groups is 2. The zero-order valence-electron chi connectivity index (χ0n) is 13.7. The van der Waals surface area contributed by atoms with Crippen LogP contribution in [0.25, 0.3) is 0 Å². The second-order valence-corrected chi connectivity index (χ2v) is 7.11. The molecule has 0 aromatic heterocycles. The second kappa shape index (κ2) is 6.08. The van der Waals surface area contributed by atoms with Crippen molar-refractivity contribution < 1.29 is 9.59 Å². The highest BCUT2D eigenvalue weighted by molar-refractivity contribution is 5.99. The summed E-state index contributed by atoms with van der Waals surface area (Å²) in [5, 5.41) is 5.78. The maximum Gasteiger partial charge on any atom is 0.251 e. The van der Waals surface area contributed by atoms with Crippen molar-refractivity contribution in [3.05, 3.63) is 29.3 Å². The summed E-state index contributed by atoms with van der Waals surface area (Å²) in [4.78, 5) is 24.3. The van der Waals surface area contributed by atoms with Crippen molar-refractivity contribution >= 4 is 17.5 Å². The number of hydrogen-bond acceptors (Lipinski definition) is 3. The molecule has 2 rings (SSSR count). The standard InChI is InChI=1S/C17H25N3O2/c1-10-5-6-11(15(21)19-12-7-8-12)9-13(10)20-16(22)14(18)17(2,3)4/h5-6,9,12,14H,7-8,18H2,1-4H3,(H,19,21)(H,20,22)/t14-/m1/s1. The quantitative estimate of drug-likeness (QED) is 0.797. The van der Waals surface area contributed by atoms with Gasteiger partial charge in [0.15, 0.2) is 0 Å². The molecule has 1 aromatic carbocycles. The van der Waals surface area contributed by atoms with E-state index in [9.17, 15) is 9.59 Å². The van der Waals surface area contributed by atoms with Gasteiger partial charge in [-0.1, -0.05) is 26.8 Å². The number of rotatable bonds is 4. The van der Waals surface area contributed by atoms with Gasteiger partial charge in [-0.05, 0) is 42.9 Å². The van der Waals surface area contributed by atoms with Gasteiger partial charge in [-0.3, -0.25) is 9.59 Å². The summed E-state index contributed by atoms with van der Waals surface area (Å²) in [6, 6.07) is 5.00. The Bertz CT molecular complexity index is 586. The third kappa shape index (κ3) is 4.07. The zero-order chi connectivity index (χ0) is 16.5. The molecule has 1 atom stereocenters. The van der Waals surface area contributed by atoms with Crippen molar-refractivity contribution in [1.29, 1.82) is 0 Å². The Morgan fingerprint density at radius 1 is 1.27 bits per heavy atom.